The zero-order valence-corrected chi connectivity index (χ0v) is 8.51. The van der Waals surface area contributed by atoms with Crippen molar-refractivity contribution in [2.24, 2.45) is 0 Å². The van der Waals surface area contributed by atoms with Gasteiger partial charge in [-0.2, -0.15) is 5.26 Å². The monoisotopic (exact) mass is 235 g/mol. The van der Waals surface area contributed by atoms with E-state index in [1.165, 1.54) is 0 Å². The number of aryl methyl sites for hydroxylation is 1. The van der Waals surface area contributed by atoms with E-state index in [1.807, 2.05) is 13.0 Å². The number of aromatic nitrogens is 2. The molecule has 2 aromatic rings. The van der Waals surface area contributed by atoms with Crippen LogP contribution in [0.1, 0.15) is 11.3 Å². The Balaban J connectivity index is 2.87. The molecule has 0 fully saturated rings. The first-order valence-corrected chi connectivity index (χ1v) is 4.55. The Morgan fingerprint density at radius 2 is 2.38 bits per heavy atom. The van der Waals surface area contributed by atoms with Gasteiger partial charge in [-0.15, -0.1) is 0 Å². The topological polar surface area (TPSA) is 52.5 Å². The molecule has 3 nitrogen and oxygen atoms in total. The maximum Gasteiger partial charge on any atom is 0.138 e. The number of pyridine rings is 1. The largest absolute Gasteiger partial charge is 0.331 e. The molecule has 4 heteroatoms. The number of hydrogen-bond donors (Lipinski definition) is 1. The molecule has 64 valence electrons. The fraction of sp³-hybridized carbons (Fsp3) is 0.111. The van der Waals surface area contributed by atoms with Crippen molar-refractivity contribution in [1.29, 1.82) is 5.26 Å². The van der Waals surface area contributed by atoms with Crippen LogP contribution < -0.4 is 0 Å². The molecule has 1 N–H and O–H groups in total. The van der Waals surface area contributed by atoms with Gasteiger partial charge in [0.1, 0.15) is 17.4 Å². The SMILES string of the molecule is Cc1c(C#N)[nH]c2ncc(Br)cc12. The highest BCUT2D eigenvalue weighted by atomic mass is 79.9. The number of hydrogen-bond acceptors (Lipinski definition) is 2. The van der Waals surface area contributed by atoms with Crippen LogP contribution in [0.3, 0.4) is 0 Å². The van der Waals surface area contributed by atoms with Gasteiger partial charge in [0.15, 0.2) is 0 Å². The average Bonchev–Trinajstić information content (AvgIpc) is 2.44. The van der Waals surface area contributed by atoms with Crippen molar-refractivity contribution in [3.8, 4) is 6.07 Å². The van der Waals surface area contributed by atoms with E-state index >= 15 is 0 Å². The molecule has 0 spiro atoms. The highest BCUT2D eigenvalue weighted by Crippen LogP contribution is 2.22. The molecule has 0 radical (unpaired) electrons. The third kappa shape index (κ3) is 1.21. The molecule has 2 heterocycles. The average molecular weight is 236 g/mol. The lowest BCUT2D eigenvalue weighted by atomic mass is 10.2. The highest BCUT2D eigenvalue weighted by Gasteiger charge is 2.07. The maximum atomic E-state index is 8.77. The Kier molecular flexibility index (Phi) is 1.82. The van der Waals surface area contributed by atoms with Gasteiger partial charge in [-0.3, -0.25) is 0 Å². The Bertz CT molecular complexity index is 507. The summed E-state index contributed by atoms with van der Waals surface area (Å²) in [4.78, 5) is 7.10. The third-order valence-corrected chi connectivity index (χ3v) is 2.42. The van der Waals surface area contributed by atoms with Gasteiger partial charge in [0.25, 0.3) is 0 Å². The number of nitrogens with zero attached hydrogens (tertiary/aromatic N) is 2. The van der Waals surface area contributed by atoms with Crippen LogP contribution in [0.2, 0.25) is 0 Å². The molecule has 2 rings (SSSR count). The van der Waals surface area contributed by atoms with Crippen LogP contribution in [-0.2, 0) is 0 Å². The van der Waals surface area contributed by atoms with Crippen molar-refractivity contribution in [3.05, 3.63) is 28.0 Å². The van der Waals surface area contributed by atoms with Crippen molar-refractivity contribution >= 4 is 27.0 Å². The molecule has 2 aromatic heterocycles. The number of halogens is 1. The van der Waals surface area contributed by atoms with Crippen molar-refractivity contribution < 1.29 is 0 Å². The zero-order valence-electron chi connectivity index (χ0n) is 6.93. The van der Waals surface area contributed by atoms with Crippen LogP contribution in [0.25, 0.3) is 11.0 Å². The van der Waals surface area contributed by atoms with E-state index < -0.39 is 0 Å². The molecule has 0 amide bonds. The van der Waals surface area contributed by atoms with E-state index in [4.69, 9.17) is 5.26 Å². The smallest absolute Gasteiger partial charge is 0.138 e. The minimum atomic E-state index is 0.584. The normalized spacial score (nSPS) is 10.2. The standard InChI is InChI=1S/C9H6BrN3/c1-5-7-2-6(10)4-12-9(7)13-8(5)3-11/h2,4H,1H3,(H,12,13). The maximum absolute atomic E-state index is 8.77. The second kappa shape index (κ2) is 2.86. The molecule has 0 unspecified atom stereocenters. The fourth-order valence-corrected chi connectivity index (χ4v) is 1.61. The van der Waals surface area contributed by atoms with Gasteiger partial charge in [0, 0.05) is 16.1 Å². The molecular formula is C9H6BrN3. The van der Waals surface area contributed by atoms with Crippen LogP contribution in [0.15, 0.2) is 16.7 Å². The van der Waals surface area contributed by atoms with E-state index in [2.05, 4.69) is 32.0 Å². The quantitative estimate of drug-likeness (QED) is 0.763. The summed E-state index contributed by atoms with van der Waals surface area (Å²) in [5, 5.41) is 9.76. The number of rotatable bonds is 0. The van der Waals surface area contributed by atoms with E-state index in [0.29, 0.717) is 5.69 Å². The first kappa shape index (κ1) is 8.27. The number of nitrogens with one attached hydrogen (secondary N) is 1. The molecule has 0 aliphatic rings. The number of nitriles is 1. The Morgan fingerprint density at radius 3 is 3.08 bits per heavy atom. The van der Waals surface area contributed by atoms with Gasteiger partial charge in [0.05, 0.1) is 0 Å². The lowest BCUT2D eigenvalue weighted by Gasteiger charge is -1.90. The first-order valence-electron chi connectivity index (χ1n) is 3.76. The fourth-order valence-electron chi connectivity index (χ4n) is 1.28. The Labute approximate surface area is 83.5 Å². The van der Waals surface area contributed by atoms with E-state index in [1.54, 1.807) is 6.20 Å². The predicted molar refractivity (Wildman–Crippen MR) is 53.2 cm³/mol. The second-order valence-electron chi connectivity index (χ2n) is 2.79. The van der Waals surface area contributed by atoms with Gasteiger partial charge < -0.3 is 4.98 Å². The summed E-state index contributed by atoms with van der Waals surface area (Å²) >= 11 is 3.34. The van der Waals surface area contributed by atoms with Crippen molar-refractivity contribution in [1.82, 2.24) is 9.97 Å². The summed E-state index contributed by atoms with van der Waals surface area (Å²) in [7, 11) is 0. The molecule has 0 saturated carbocycles. The number of fused-ring (bicyclic) bond motifs is 1. The van der Waals surface area contributed by atoms with Gasteiger partial charge >= 0.3 is 0 Å². The van der Waals surface area contributed by atoms with Crippen LogP contribution in [0, 0.1) is 18.3 Å². The summed E-state index contributed by atoms with van der Waals surface area (Å²) in [5.74, 6) is 0. The van der Waals surface area contributed by atoms with E-state index in [-0.39, 0.29) is 0 Å². The zero-order chi connectivity index (χ0) is 9.42. The lowest BCUT2D eigenvalue weighted by Crippen LogP contribution is -1.75. The first-order chi connectivity index (χ1) is 6.22. The molecule has 0 atom stereocenters. The van der Waals surface area contributed by atoms with Crippen LogP contribution >= 0.6 is 15.9 Å². The summed E-state index contributed by atoms with van der Waals surface area (Å²) < 4.78 is 0.923. The lowest BCUT2D eigenvalue weighted by molar-refractivity contribution is 1.27. The molecule has 0 aromatic carbocycles. The van der Waals surface area contributed by atoms with Gasteiger partial charge in [-0.05, 0) is 34.5 Å². The van der Waals surface area contributed by atoms with Crippen LogP contribution in [-0.4, -0.2) is 9.97 Å². The predicted octanol–water partition coefficient (Wildman–Crippen LogP) is 2.51. The second-order valence-corrected chi connectivity index (χ2v) is 3.70. The van der Waals surface area contributed by atoms with Gasteiger partial charge in [-0.25, -0.2) is 4.98 Å². The van der Waals surface area contributed by atoms with Gasteiger partial charge in [0.2, 0.25) is 0 Å². The van der Waals surface area contributed by atoms with Crippen molar-refractivity contribution in [2.45, 2.75) is 6.92 Å². The summed E-state index contributed by atoms with van der Waals surface area (Å²) in [6, 6.07) is 4.05. The van der Waals surface area contributed by atoms with Gasteiger partial charge in [-0.1, -0.05) is 0 Å². The number of aromatic amines is 1. The summed E-state index contributed by atoms with van der Waals surface area (Å²) in [6.45, 7) is 1.91. The third-order valence-electron chi connectivity index (χ3n) is 1.99. The highest BCUT2D eigenvalue weighted by molar-refractivity contribution is 9.10. The Morgan fingerprint density at radius 1 is 1.62 bits per heavy atom. The molecular weight excluding hydrogens is 230 g/mol. The Hall–Kier alpha value is -1.34. The van der Waals surface area contributed by atoms with E-state index in [0.717, 1.165) is 21.1 Å². The minimum absolute atomic E-state index is 0.584. The molecule has 13 heavy (non-hydrogen) atoms. The molecule has 0 bridgehead atoms. The van der Waals surface area contributed by atoms with Crippen molar-refractivity contribution in [2.75, 3.05) is 0 Å². The molecule has 0 aliphatic heterocycles. The van der Waals surface area contributed by atoms with Crippen LogP contribution in [0.5, 0.6) is 0 Å². The minimum Gasteiger partial charge on any atom is -0.331 e. The molecule has 0 aliphatic carbocycles. The number of H-pyrrole nitrogens is 1. The van der Waals surface area contributed by atoms with Crippen molar-refractivity contribution in [3.63, 3.8) is 0 Å². The summed E-state index contributed by atoms with van der Waals surface area (Å²) in [6.07, 6.45) is 1.71. The van der Waals surface area contributed by atoms with E-state index in [9.17, 15) is 0 Å². The van der Waals surface area contributed by atoms with Crippen LogP contribution in [0.4, 0.5) is 0 Å². The summed E-state index contributed by atoms with van der Waals surface area (Å²) in [5.41, 5.74) is 2.30. The molecule has 0 saturated heterocycles.